The predicted octanol–water partition coefficient (Wildman–Crippen LogP) is 9.32. The molecular weight excluding hydrogens is 490 g/mol. The van der Waals surface area contributed by atoms with Crippen LogP contribution in [0.25, 0.3) is 72.4 Å². The number of fused-ring (bicyclic) bond motifs is 4. The standard InChI is InChI=1S/C36H23N3O/c1-3-9-24(10-4-1)31-23-32(25-11-5-2-6-12-25)38-36(37-31)26-15-17-28(18-16-26)39-33-14-8-7-13-29(33)30-22-35-27(19-20-40-35)21-34(30)39/h1-23H. The Morgan fingerprint density at radius 1 is 0.500 bits per heavy atom. The molecule has 0 radical (unpaired) electrons. The second-order valence-electron chi connectivity index (χ2n) is 9.92. The molecule has 0 saturated heterocycles. The van der Waals surface area contributed by atoms with Gasteiger partial charge in [0.1, 0.15) is 5.58 Å². The molecule has 0 aliphatic carbocycles. The number of benzene rings is 5. The van der Waals surface area contributed by atoms with Crippen LogP contribution in [0.15, 0.2) is 144 Å². The van der Waals surface area contributed by atoms with Crippen molar-refractivity contribution in [1.29, 1.82) is 0 Å². The quantitative estimate of drug-likeness (QED) is 0.235. The van der Waals surface area contributed by atoms with Gasteiger partial charge in [0.05, 0.1) is 28.7 Å². The Labute approximate surface area is 230 Å². The molecule has 4 nitrogen and oxygen atoms in total. The largest absolute Gasteiger partial charge is 0.464 e. The van der Waals surface area contributed by atoms with Gasteiger partial charge in [-0.3, -0.25) is 0 Å². The van der Waals surface area contributed by atoms with E-state index in [1.807, 2.05) is 42.5 Å². The summed E-state index contributed by atoms with van der Waals surface area (Å²) >= 11 is 0. The summed E-state index contributed by atoms with van der Waals surface area (Å²) in [5.74, 6) is 0.703. The lowest BCUT2D eigenvalue weighted by Gasteiger charge is -2.11. The number of aromatic nitrogens is 3. The van der Waals surface area contributed by atoms with E-state index >= 15 is 0 Å². The molecule has 8 rings (SSSR count). The molecule has 3 aromatic heterocycles. The van der Waals surface area contributed by atoms with Crippen molar-refractivity contribution in [3.05, 3.63) is 140 Å². The number of hydrogen-bond donors (Lipinski definition) is 0. The van der Waals surface area contributed by atoms with E-state index in [-0.39, 0.29) is 0 Å². The first kappa shape index (κ1) is 22.5. The summed E-state index contributed by atoms with van der Waals surface area (Å²) < 4.78 is 8.03. The second kappa shape index (κ2) is 9.07. The van der Waals surface area contributed by atoms with E-state index in [0.717, 1.165) is 55.8 Å². The lowest BCUT2D eigenvalue weighted by molar-refractivity contribution is 0.616. The summed E-state index contributed by atoms with van der Waals surface area (Å²) in [6.07, 6.45) is 1.75. The number of rotatable bonds is 4. The summed E-state index contributed by atoms with van der Waals surface area (Å²) in [6, 6.07) is 46.0. The second-order valence-corrected chi connectivity index (χ2v) is 9.92. The minimum absolute atomic E-state index is 0.703. The van der Waals surface area contributed by atoms with Crippen molar-refractivity contribution in [2.75, 3.05) is 0 Å². The van der Waals surface area contributed by atoms with E-state index in [2.05, 4.69) is 95.6 Å². The Morgan fingerprint density at radius 2 is 1.15 bits per heavy atom. The van der Waals surface area contributed by atoms with Gasteiger partial charge in [0, 0.05) is 38.5 Å². The van der Waals surface area contributed by atoms with Crippen LogP contribution in [0.5, 0.6) is 0 Å². The molecule has 0 bridgehead atoms. The van der Waals surface area contributed by atoms with Crippen molar-refractivity contribution < 1.29 is 4.42 Å². The lowest BCUT2D eigenvalue weighted by atomic mass is 10.1. The zero-order valence-corrected chi connectivity index (χ0v) is 21.5. The fourth-order valence-electron chi connectivity index (χ4n) is 5.55. The molecule has 0 aliphatic heterocycles. The van der Waals surface area contributed by atoms with Crippen LogP contribution in [-0.4, -0.2) is 14.5 Å². The Kier molecular flexibility index (Phi) is 5.10. The molecule has 0 fully saturated rings. The SMILES string of the molecule is c1ccc(-c2cc(-c3ccccc3)nc(-c3ccc(-n4c5ccccc5c5cc6occc6cc54)cc3)n2)cc1. The number of para-hydroxylation sites is 1. The average Bonchev–Trinajstić information content (AvgIpc) is 3.62. The van der Waals surface area contributed by atoms with Gasteiger partial charge in [-0.2, -0.15) is 0 Å². The summed E-state index contributed by atoms with van der Waals surface area (Å²) in [5, 5.41) is 3.47. The van der Waals surface area contributed by atoms with E-state index in [0.29, 0.717) is 5.82 Å². The maximum atomic E-state index is 5.71. The van der Waals surface area contributed by atoms with Gasteiger partial charge in [0.25, 0.3) is 0 Å². The van der Waals surface area contributed by atoms with Crippen molar-refractivity contribution >= 4 is 32.8 Å². The lowest BCUT2D eigenvalue weighted by Crippen LogP contribution is -1.97. The van der Waals surface area contributed by atoms with Gasteiger partial charge in [0.2, 0.25) is 0 Å². The van der Waals surface area contributed by atoms with Gasteiger partial charge >= 0.3 is 0 Å². The predicted molar refractivity (Wildman–Crippen MR) is 162 cm³/mol. The third kappa shape index (κ3) is 3.69. The summed E-state index contributed by atoms with van der Waals surface area (Å²) in [6.45, 7) is 0. The molecule has 0 N–H and O–H groups in total. The summed E-state index contributed by atoms with van der Waals surface area (Å²) in [4.78, 5) is 9.98. The van der Waals surface area contributed by atoms with E-state index in [1.165, 1.54) is 10.8 Å². The normalized spacial score (nSPS) is 11.5. The highest BCUT2D eigenvalue weighted by Crippen LogP contribution is 2.35. The van der Waals surface area contributed by atoms with Crippen LogP contribution in [0, 0.1) is 0 Å². The molecule has 0 aliphatic rings. The third-order valence-corrected chi connectivity index (χ3v) is 7.50. The molecule has 4 heteroatoms. The van der Waals surface area contributed by atoms with E-state index in [9.17, 15) is 0 Å². The van der Waals surface area contributed by atoms with Crippen LogP contribution in [0.3, 0.4) is 0 Å². The van der Waals surface area contributed by atoms with Crippen molar-refractivity contribution in [3.63, 3.8) is 0 Å². The molecule has 0 spiro atoms. The minimum atomic E-state index is 0.703. The maximum Gasteiger partial charge on any atom is 0.160 e. The van der Waals surface area contributed by atoms with Gasteiger partial charge in [-0.05, 0) is 54.6 Å². The summed E-state index contributed by atoms with van der Waals surface area (Å²) in [5.41, 5.74) is 9.20. The van der Waals surface area contributed by atoms with Crippen LogP contribution < -0.4 is 0 Å². The molecule has 3 heterocycles. The van der Waals surface area contributed by atoms with Gasteiger partial charge < -0.3 is 8.98 Å². The van der Waals surface area contributed by atoms with Gasteiger partial charge in [0.15, 0.2) is 5.82 Å². The van der Waals surface area contributed by atoms with E-state index in [4.69, 9.17) is 14.4 Å². The number of hydrogen-bond acceptors (Lipinski definition) is 3. The fraction of sp³-hybridized carbons (Fsp3) is 0. The zero-order chi connectivity index (χ0) is 26.5. The minimum Gasteiger partial charge on any atom is -0.464 e. The van der Waals surface area contributed by atoms with E-state index < -0.39 is 0 Å². The maximum absolute atomic E-state index is 5.71. The molecule has 0 atom stereocenters. The third-order valence-electron chi connectivity index (χ3n) is 7.50. The highest BCUT2D eigenvalue weighted by molar-refractivity contribution is 6.12. The molecule has 0 amide bonds. The van der Waals surface area contributed by atoms with Crippen LogP contribution in [0.2, 0.25) is 0 Å². The van der Waals surface area contributed by atoms with Gasteiger partial charge in [-0.15, -0.1) is 0 Å². The first-order valence-electron chi connectivity index (χ1n) is 13.3. The number of furan rings is 1. The number of nitrogens with zero attached hydrogens (tertiary/aromatic N) is 3. The average molecular weight is 514 g/mol. The highest BCUT2D eigenvalue weighted by Gasteiger charge is 2.15. The molecule has 40 heavy (non-hydrogen) atoms. The Bertz CT molecular complexity index is 2080. The van der Waals surface area contributed by atoms with Gasteiger partial charge in [-0.25, -0.2) is 9.97 Å². The molecule has 5 aromatic carbocycles. The first-order valence-corrected chi connectivity index (χ1v) is 13.3. The van der Waals surface area contributed by atoms with Crippen molar-refractivity contribution in [3.8, 4) is 39.6 Å². The molecular formula is C36H23N3O. The Morgan fingerprint density at radius 3 is 1.85 bits per heavy atom. The van der Waals surface area contributed by atoms with Crippen LogP contribution in [0.4, 0.5) is 0 Å². The van der Waals surface area contributed by atoms with Crippen LogP contribution in [0.1, 0.15) is 0 Å². The fourth-order valence-corrected chi connectivity index (χ4v) is 5.55. The monoisotopic (exact) mass is 513 g/mol. The van der Waals surface area contributed by atoms with Crippen LogP contribution >= 0.6 is 0 Å². The Hall–Kier alpha value is -5.48. The Balaban J connectivity index is 1.28. The summed E-state index contributed by atoms with van der Waals surface area (Å²) in [7, 11) is 0. The van der Waals surface area contributed by atoms with Crippen molar-refractivity contribution in [1.82, 2.24) is 14.5 Å². The van der Waals surface area contributed by atoms with Crippen molar-refractivity contribution in [2.24, 2.45) is 0 Å². The molecule has 8 aromatic rings. The van der Waals surface area contributed by atoms with Crippen molar-refractivity contribution in [2.45, 2.75) is 0 Å². The zero-order valence-electron chi connectivity index (χ0n) is 21.5. The topological polar surface area (TPSA) is 43.9 Å². The first-order chi connectivity index (χ1) is 19.8. The molecule has 0 saturated carbocycles. The van der Waals surface area contributed by atoms with E-state index in [1.54, 1.807) is 6.26 Å². The highest BCUT2D eigenvalue weighted by atomic mass is 16.3. The van der Waals surface area contributed by atoms with Crippen LogP contribution in [-0.2, 0) is 0 Å². The molecule has 188 valence electrons. The smallest absolute Gasteiger partial charge is 0.160 e. The van der Waals surface area contributed by atoms with Gasteiger partial charge in [-0.1, -0.05) is 78.9 Å². The molecule has 0 unspecified atom stereocenters.